The van der Waals surface area contributed by atoms with E-state index in [1.807, 2.05) is 0 Å². The van der Waals surface area contributed by atoms with Crippen LogP contribution in [-0.4, -0.2) is 7.05 Å². The van der Waals surface area contributed by atoms with Crippen molar-refractivity contribution in [2.75, 3.05) is 16.8 Å². The molecule has 0 aliphatic heterocycles. The fourth-order valence-corrected chi connectivity index (χ4v) is 5.01. The molecule has 0 aromatic heterocycles. The van der Waals surface area contributed by atoms with E-state index in [1.165, 1.54) is 38.8 Å². The molecular weight excluding hydrogens is 460 g/mol. The first-order valence-electron chi connectivity index (χ1n) is 13.0. The number of rotatable bonds is 6. The highest BCUT2D eigenvalue weighted by molar-refractivity contribution is 5.89. The molecule has 6 rings (SSSR count). The second-order valence-electron chi connectivity index (χ2n) is 9.69. The maximum atomic E-state index is 2.32. The van der Waals surface area contributed by atoms with E-state index in [9.17, 15) is 0 Å². The first-order chi connectivity index (χ1) is 18.7. The summed E-state index contributed by atoms with van der Waals surface area (Å²) in [5.74, 6) is 0. The number of benzene rings is 6. The molecule has 38 heavy (non-hydrogen) atoms. The van der Waals surface area contributed by atoms with Gasteiger partial charge in [0.1, 0.15) is 0 Å². The third kappa shape index (κ3) is 4.77. The summed E-state index contributed by atoms with van der Waals surface area (Å²) in [6, 6.07) is 52.0. The number of fused-ring (bicyclic) bond motifs is 1. The van der Waals surface area contributed by atoms with E-state index >= 15 is 0 Å². The molecule has 0 bridgehead atoms. The van der Waals surface area contributed by atoms with Crippen LogP contribution >= 0.6 is 0 Å². The molecular formula is C36H30N2. The number of hydrogen-bond acceptors (Lipinski definition) is 2. The number of aryl methyl sites for hydroxylation is 1. The zero-order valence-electron chi connectivity index (χ0n) is 21.8. The Kier molecular flexibility index (Phi) is 6.37. The van der Waals surface area contributed by atoms with Crippen molar-refractivity contribution in [2.24, 2.45) is 0 Å². The third-order valence-corrected chi connectivity index (χ3v) is 7.11. The predicted molar refractivity (Wildman–Crippen MR) is 163 cm³/mol. The molecule has 0 atom stereocenters. The molecule has 2 heteroatoms. The van der Waals surface area contributed by atoms with Crippen LogP contribution in [0.15, 0.2) is 146 Å². The fourth-order valence-electron chi connectivity index (χ4n) is 5.01. The van der Waals surface area contributed by atoms with Crippen LogP contribution in [0.25, 0.3) is 21.9 Å². The number of para-hydroxylation sites is 1. The van der Waals surface area contributed by atoms with E-state index in [1.54, 1.807) is 0 Å². The first kappa shape index (κ1) is 23.6. The normalized spacial score (nSPS) is 10.9. The summed E-state index contributed by atoms with van der Waals surface area (Å²) in [4.78, 5) is 4.54. The van der Waals surface area contributed by atoms with Crippen LogP contribution in [0.1, 0.15) is 5.56 Å². The minimum atomic E-state index is 1.13. The molecule has 0 aliphatic carbocycles. The highest BCUT2D eigenvalue weighted by Gasteiger charge is 2.13. The molecule has 2 nitrogen and oxygen atoms in total. The van der Waals surface area contributed by atoms with Crippen molar-refractivity contribution >= 4 is 39.2 Å². The van der Waals surface area contributed by atoms with Gasteiger partial charge in [-0.3, -0.25) is 0 Å². The zero-order chi connectivity index (χ0) is 25.9. The van der Waals surface area contributed by atoms with Crippen LogP contribution in [0.5, 0.6) is 0 Å². The van der Waals surface area contributed by atoms with Crippen molar-refractivity contribution < 1.29 is 0 Å². The summed E-state index contributed by atoms with van der Waals surface area (Å²) in [6.07, 6.45) is 0. The zero-order valence-corrected chi connectivity index (χ0v) is 21.8. The molecule has 184 valence electrons. The molecule has 6 aromatic carbocycles. The van der Waals surface area contributed by atoms with Gasteiger partial charge in [-0.1, -0.05) is 84.9 Å². The molecule has 0 saturated heterocycles. The van der Waals surface area contributed by atoms with Gasteiger partial charge in [0.25, 0.3) is 0 Å². The van der Waals surface area contributed by atoms with Gasteiger partial charge in [0, 0.05) is 35.5 Å². The van der Waals surface area contributed by atoms with Gasteiger partial charge in [0.05, 0.1) is 0 Å². The molecule has 0 N–H and O–H groups in total. The summed E-state index contributed by atoms with van der Waals surface area (Å²) in [6.45, 7) is 2.13. The van der Waals surface area contributed by atoms with Crippen LogP contribution < -0.4 is 9.80 Å². The van der Waals surface area contributed by atoms with Crippen LogP contribution in [0.3, 0.4) is 0 Å². The van der Waals surface area contributed by atoms with Crippen molar-refractivity contribution in [2.45, 2.75) is 6.92 Å². The van der Waals surface area contributed by atoms with Crippen LogP contribution in [-0.2, 0) is 0 Å². The Morgan fingerprint density at radius 1 is 0.395 bits per heavy atom. The number of nitrogens with zero attached hydrogens (tertiary/aromatic N) is 2. The Balaban J connectivity index is 1.30. The molecule has 0 amide bonds. The summed E-state index contributed by atoms with van der Waals surface area (Å²) in [5, 5.41) is 2.48. The third-order valence-electron chi connectivity index (χ3n) is 7.11. The predicted octanol–water partition coefficient (Wildman–Crippen LogP) is 10.1. The Bertz CT molecular complexity index is 1670. The second-order valence-corrected chi connectivity index (χ2v) is 9.69. The molecule has 0 fully saturated rings. The quantitative estimate of drug-likeness (QED) is 0.229. The second kappa shape index (κ2) is 10.3. The number of hydrogen-bond donors (Lipinski definition) is 0. The maximum absolute atomic E-state index is 2.32. The Labute approximate surface area is 225 Å². The largest absolute Gasteiger partial charge is 0.345 e. The molecule has 0 spiro atoms. The Hall–Kier alpha value is -4.82. The first-order valence-corrected chi connectivity index (χ1v) is 13.0. The lowest BCUT2D eigenvalue weighted by molar-refractivity contribution is 1.20. The van der Waals surface area contributed by atoms with E-state index in [0.717, 1.165) is 17.1 Å². The summed E-state index contributed by atoms with van der Waals surface area (Å²) >= 11 is 0. The van der Waals surface area contributed by atoms with E-state index in [-0.39, 0.29) is 0 Å². The SMILES string of the molecule is Cc1cccc(N(C)c2ccc(-c3ccc(N(c4ccccc4)c4ccc5ccccc5c4)cc3)cc2)c1. The lowest BCUT2D eigenvalue weighted by Crippen LogP contribution is -2.09. The van der Waals surface area contributed by atoms with Crippen molar-refractivity contribution in [3.8, 4) is 11.1 Å². The smallest absolute Gasteiger partial charge is 0.0468 e. The Morgan fingerprint density at radius 3 is 1.63 bits per heavy atom. The van der Waals surface area contributed by atoms with Crippen molar-refractivity contribution in [3.63, 3.8) is 0 Å². The average Bonchev–Trinajstić information content (AvgIpc) is 2.98. The van der Waals surface area contributed by atoms with E-state index in [0.29, 0.717) is 0 Å². The van der Waals surface area contributed by atoms with Gasteiger partial charge in [0.2, 0.25) is 0 Å². The minimum Gasteiger partial charge on any atom is -0.345 e. The topological polar surface area (TPSA) is 6.48 Å². The lowest BCUT2D eigenvalue weighted by atomic mass is 10.0. The molecule has 6 aromatic rings. The van der Waals surface area contributed by atoms with Crippen LogP contribution in [0, 0.1) is 6.92 Å². The summed E-state index contributed by atoms with van der Waals surface area (Å²) in [7, 11) is 2.11. The number of anilines is 5. The van der Waals surface area contributed by atoms with Gasteiger partial charge in [-0.05, 0) is 95.1 Å². The molecule has 0 saturated carbocycles. The van der Waals surface area contributed by atoms with Gasteiger partial charge < -0.3 is 9.80 Å². The van der Waals surface area contributed by atoms with Gasteiger partial charge >= 0.3 is 0 Å². The summed E-state index contributed by atoms with van der Waals surface area (Å²) in [5.41, 5.74) is 9.44. The highest BCUT2D eigenvalue weighted by Crippen LogP contribution is 2.37. The standard InChI is InChI=1S/C36H30N2/c1-27-9-8-14-35(25-27)37(2)32-20-15-29(16-21-32)30-17-22-34(23-18-30)38(33-12-4-3-5-13-33)36-24-19-28-10-6-7-11-31(28)26-36/h3-26H,1-2H3. The lowest BCUT2D eigenvalue weighted by Gasteiger charge is -2.26. The van der Waals surface area contributed by atoms with E-state index in [2.05, 4.69) is 169 Å². The Morgan fingerprint density at radius 2 is 0.947 bits per heavy atom. The maximum Gasteiger partial charge on any atom is 0.0468 e. The average molecular weight is 491 g/mol. The monoisotopic (exact) mass is 490 g/mol. The van der Waals surface area contributed by atoms with E-state index < -0.39 is 0 Å². The van der Waals surface area contributed by atoms with Gasteiger partial charge in [-0.25, -0.2) is 0 Å². The van der Waals surface area contributed by atoms with Crippen LogP contribution in [0.2, 0.25) is 0 Å². The molecule has 0 heterocycles. The van der Waals surface area contributed by atoms with Gasteiger partial charge in [-0.15, -0.1) is 0 Å². The highest BCUT2D eigenvalue weighted by atomic mass is 15.1. The minimum absolute atomic E-state index is 1.13. The van der Waals surface area contributed by atoms with Crippen molar-refractivity contribution in [1.82, 2.24) is 0 Å². The van der Waals surface area contributed by atoms with Crippen molar-refractivity contribution in [1.29, 1.82) is 0 Å². The molecule has 0 aliphatic rings. The molecule has 0 unspecified atom stereocenters. The van der Waals surface area contributed by atoms with Crippen molar-refractivity contribution in [3.05, 3.63) is 151 Å². The summed E-state index contributed by atoms with van der Waals surface area (Å²) < 4.78 is 0. The van der Waals surface area contributed by atoms with E-state index in [4.69, 9.17) is 0 Å². The fraction of sp³-hybridized carbons (Fsp3) is 0.0556. The molecule has 0 radical (unpaired) electrons. The van der Waals surface area contributed by atoms with Crippen LogP contribution in [0.4, 0.5) is 28.4 Å². The van der Waals surface area contributed by atoms with Gasteiger partial charge in [-0.2, -0.15) is 0 Å². The van der Waals surface area contributed by atoms with Gasteiger partial charge in [0.15, 0.2) is 0 Å².